The van der Waals surface area contributed by atoms with E-state index in [1.54, 1.807) is 12.0 Å². The number of hydrogen-bond donors (Lipinski definition) is 0. The van der Waals surface area contributed by atoms with Gasteiger partial charge in [-0.3, -0.25) is 4.79 Å². The zero-order valence-electron chi connectivity index (χ0n) is 18.9. The number of hydrogen-bond acceptors (Lipinski definition) is 7. The summed E-state index contributed by atoms with van der Waals surface area (Å²) in [4.78, 5) is 21.8. The first-order valence-corrected chi connectivity index (χ1v) is 10.6. The van der Waals surface area contributed by atoms with Gasteiger partial charge in [-0.15, -0.1) is 0 Å². The fourth-order valence-corrected chi connectivity index (χ4v) is 3.78. The Morgan fingerprint density at radius 1 is 1.22 bits per heavy atom. The third kappa shape index (κ3) is 4.66. The number of aromatic nitrogens is 2. The van der Waals surface area contributed by atoms with E-state index in [4.69, 9.17) is 19.0 Å². The van der Waals surface area contributed by atoms with Gasteiger partial charge in [-0.1, -0.05) is 11.2 Å². The largest absolute Gasteiger partial charge is 0.497 e. The Bertz CT molecular complexity index is 1080. The molecular formula is C24H28N4O4. The molecular weight excluding hydrogens is 408 g/mol. The van der Waals surface area contributed by atoms with Gasteiger partial charge in [-0.25, -0.2) is 4.98 Å². The van der Waals surface area contributed by atoms with Gasteiger partial charge in [0.05, 0.1) is 31.6 Å². The van der Waals surface area contributed by atoms with E-state index in [2.05, 4.69) is 5.16 Å². The molecule has 1 saturated heterocycles. The number of methoxy groups -OCH3 is 1. The van der Waals surface area contributed by atoms with Crippen molar-refractivity contribution in [3.05, 3.63) is 65.2 Å². The minimum absolute atomic E-state index is 0.140. The van der Waals surface area contributed by atoms with Crippen LogP contribution in [-0.4, -0.2) is 66.7 Å². The number of amides is 1. The highest BCUT2D eigenvalue weighted by Crippen LogP contribution is 2.27. The van der Waals surface area contributed by atoms with Crippen LogP contribution in [0.2, 0.25) is 0 Å². The summed E-state index contributed by atoms with van der Waals surface area (Å²) in [6.45, 7) is 3.77. The number of pyridine rings is 1. The monoisotopic (exact) mass is 436 g/mol. The lowest BCUT2D eigenvalue weighted by Gasteiger charge is -2.32. The Balaban J connectivity index is 1.53. The molecule has 8 nitrogen and oxygen atoms in total. The molecule has 1 aliphatic rings. The van der Waals surface area contributed by atoms with Crippen molar-refractivity contribution in [3.8, 4) is 17.0 Å². The second-order valence-corrected chi connectivity index (χ2v) is 8.09. The molecule has 3 heterocycles. The van der Waals surface area contributed by atoms with Crippen LogP contribution in [0.3, 0.4) is 0 Å². The van der Waals surface area contributed by atoms with Crippen LogP contribution in [0, 0.1) is 6.92 Å². The first-order valence-electron chi connectivity index (χ1n) is 10.6. The maximum atomic E-state index is 13.2. The number of aryl methyl sites for hydroxylation is 1. The van der Waals surface area contributed by atoms with Crippen molar-refractivity contribution in [1.29, 1.82) is 0 Å². The summed E-state index contributed by atoms with van der Waals surface area (Å²) in [6, 6.07) is 13.6. The molecule has 1 aromatic carbocycles. The highest BCUT2D eigenvalue weighted by molar-refractivity contribution is 5.94. The van der Waals surface area contributed by atoms with Crippen molar-refractivity contribution < 1.29 is 18.8 Å². The van der Waals surface area contributed by atoms with Crippen LogP contribution < -0.4 is 4.74 Å². The third-order valence-corrected chi connectivity index (χ3v) is 5.50. The Morgan fingerprint density at radius 3 is 2.72 bits per heavy atom. The van der Waals surface area contributed by atoms with Gasteiger partial charge in [0.25, 0.3) is 5.91 Å². The van der Waals surface area contributed by atoms with Crippen molar-refractivity contribution >= 4 is 5.91 Å². The standard InChI is InChI=1S/C24H28N4O4/c1-16-19(14-27(2)3)23(26-32-16)24(29)28-12-13-31-22(15-28)21-7-5-6-20(25-21)17-8-10-18(30-4)11-9-17/h5-11,22H,12-15H2,1-4H3/t22-/m0/s1. The van der Waals surface area contributed by atoms with Crippen LogP contribution in [0.5, 0.6) is 5.75 Å². The van der Waals surface area contributed by atoms with Gasteiger partial charge in [0.1, 0.15) is 17.6 Å². The molecule has 1 amide bonds. The normalized spacial score (nSPS) is 16.4. The minimum atomic E-state index is -0.309. The second kappa shape index (κ2) is 9.50. The van der Waals surface area contributed by atoms with Crippen LogP contribution in [0.4, 0.5) is 0 Å². The quantitative estimate of drug-likeness (QED) is 0.586. The second-order valence-electron chi connectivity index (χ2n) is 8.09. The van der Waals surface area contributed by atoms with E-state index in [-0.39, 0.29) is 12.0 Å². The number of benzene rings is 1. The van der Waals surface area contributed by atoms with E-state index < -0.39 is 0 Å². The molecule has 0 aliphatic carbocycles. The fraction of sp³-hybridized carbons (Fsp3) is 0.375. The van der Waals surface area contributed by atoms with Crippen LogP contribution in [0.25, 0.3) is 11.3 Å². The number of nitrogens with zero attached hydrogens (tertiary/aromatic N) is 4. The highest BCUT2D eigenvalue weighted by Gasteiger charge is 2.31. The van der Waals surface area contributed by atoms with Crippen molar-refractivity contribution in [2.24, 2.45) is 0 Å². The number of carbonyl (C=O) groups is 1. The summed E-state index contributed by atoms with van der Waals surface area (Å²) in [6.07, 6.45) is -0.309. The number of morpholine rings is 1. The van der Waals surface area contributed by atoms with Crippen LogP contribution in [0.1, 0.15) is 33.6 Å². The zero-order valence-corrected chi connectivity index (χ0v) is 18.9. The molecule has 0 bridgehead atoms. The molecule has 1 atom stereocenters. The number of rotatable bonds is 6. The predicted molar refractivity (Wildman–Crippen MR) is 119 cm³/mol. The maximum absolute atomic E-state index is 13.2. The minimum Gasteiger partial charge on any atom is -0.497 e. The molecule has 1 aliphatic heterocycles. The molecule has 0 saturated carbocycles. The van der Waals surface area contributed by atoms with Gasteiger partial charge in [0.2, 0.25) is 0 Å². The van der Waals surface area contributed by atoms with E-state index in [9.17, 15) is 4.79 Å². The Hall–Kier alpha value is -3.23. The molecule has 1 fully saturated rings. The zero-order chi connectivity index (χ0) is 22.7. The third-order valence-electron chi connectivity index (χ3n) is 5.50. The predicted octanol–water partition coefficient (Wildman–Crippen LogP) is 3.33. The highest BCUT2D eigenvalue weighted by atomic mass is 16.5. The summed E-state index contributed by atoms with van der Waals surface area (Å²) < 4.78 is 16.5. The Morgan fingerprint density at radius 2 is 2.00 bits per heavy atom. The average Bonchev–Trinajstić information content (AvgIpc) is 3.18. The van der Waals surface area contributed by atoms with E-state index >= 15 is 0 Å². The van der Waals surface area contributed by atoms with Gasteiger partial charge in [0, 0.05) is 24.2 Å². The molecule has 0 radical (unpaired) electrons. The molecule has 8 heteroatoms. The summed E-state index contributed by atoms with van der Waals surface area (Å²) in [5.74, 6) is 1.32. The van der Waals surface area contributed by atoms with Gasteiger partial charge in [-0.05, 0) is 57.4 Å². The van der Waals surface area contributed by atoms with Crippen molar-refractivity contribution in [2.45, 2.75) is 19.6 Å². The Kier molecular flexibility index (Phi) is 6.53. The average molecular weight is 437 g/mol. The molecule has 0 N–H and O–H groups in total. The molecule has 3 aromatic rings. The fourth-order valence-electron chi connectivity index (χ4n) is 3.78. The maximum Gasteiger partial charge on any atom is 0.276 e. The summed E-state index contributed by atoms with van der Waals surface area (Å²) in [5.41, 5.74) is 3.82. The molecule has 32 heavy (non-hydrogen) atoms. The van der Waals surface area contributed by atoms with Gasteiger partial charge in [-0.2, -0.15) is 0 Å². The van der Waals surface area contributed by atoms with E-state index in [1.165, 1.54) is 0 Å². The van der Waals surface area contributed by atoms with Crippen molar-refractivity contribution in [1.82, 2.24) is 19.9 Å². The molecule has 0 spiro atoms. The Labute approximate surface area is 187 Å². The lowest BCUT2D eigenvalue weighted by molar-refractivity contribution is -0.0250. The molecule has 168 valence electrons. The summed E-state index contributed by atoms with van der Waals surface area (Å²) >= 11 is 0. The first kappa shape index (κ1) is 22.0. The SMILES string of the molecule is COc1ccc(-c2cccc([C@@H]3CN(C(=O)c4noc(C)c4CN(C)C)CCO3)n2)cc1. The molecule has 0 unspecified atom stereocenters. The van der Waals surface area contributed by atoms with E-state index in [1.807, 2.05) is 68.4 Å². The topological polar surface area (TPSA) is 80.9 Å². The molecule has 4 rings (SSSR count). The smallest absolute Gasteiger partial charge is 0.276 e. The lowest BCUT2D eigenvalue weighted by atomic mass is 10.1. The van der Waals surface area contributed by atoms with Gasteiger partial charge < -0.3 is 23.8 Å². The summed E-state index contributed by atoms with van der Waals surface area (Å²) in [5, 5.41) is 4.05. The van der Waals surface area contributed by atoms with Crippen LogP contribution in [-0.2, 0) is 11.3 Å². The van der Waals surface area contributed by atoms with Gasteiger partial charge >= 0.3 is 0 Å². The van der Waals surface area contributed by atoms with Crippen molar-refractivity contribution in [2.75, 3.05) is 40.9 Å². The van der Waals surface area contributed by atoms with Crippen LogP contribution >= 0.6 is 0 Å². The summed E-state index contributed by atoms with van der Waals surface area (Å²) in [7, 11) is 5.55. The lowest BCUT2D eigenvalue weighted by Crippen LogP contribution is -2.43. The number of ether oxygens (including phenoxy) is 2. The molecule has 2 aromatic heterocycles. The number of carbonyl (C=O) groups excluding carboxylic acids is 1. The van der Waals surface area contributed by atoms with Crippen molar-refractivity contribution in [3.63, 3.8) is 0 Å². The van der Waals surface area contributed by atoms with E-state index in [0.717, 1.165) is 28.3 Å². The first-order chi connectivity index (χ1) is 15.5. The van der Waals surface area contributed by atoms with E-state index in [0.29, 0.717) is 37.7 Å². The van der Waals surface area contributed by atoms with Gasteiger partial charge in [0.15, 0.2) is 5.69 Å². The van der Waals surface area contributed by atoms with Crippen LogP contribution in [0.15, 0.2) is 47.0 Å².